The Morgan fingerprint density at radius 2 is 1.78 bits per heavy atom. The Morgan fingerprint density at radius 3 is 2.59 bits per heavy atom. The van der Waals surface area contributed by atoms with Crippen LogP contribution < -0.4 is 10.6 Å². The first-order chi connectivity index (χ1) is 23.8. The normalized spacial score (nSPS) is 23.1. The topological polar surface area (TPSA) is 142 Å². The molecule has 12 heteroatoms. The summed E-state index contributed by atoms with van der Waals surface area (Å²) in [4.78, 5) is 63.1. The van der Waals surface area contributed by atoms with Crippen LogP contribution in [0, 0.1) is 5.92 Å². The van der Waals surface area contributed by atoms with Gasteiger partial charge in [-0.15, -0.1) is 0 Å². The van der Waals surface area contributed by atoms with Crippen LogP contribution in [0.3, 0.4) is 0 Å². The van der Waals surface area contributed by atoms with E-state index in [2.05, 4.69) is 56.8 Å². The zero-order valence-corrected chi connectivity index (χ0v) is 27.6. The molecular formula is C37H40N8O4. The first kappa shape index (κ1) is 31.3. The molecule has 3 fully saturated rings. The van der Waals surface area contributed by atoms with Crippen molar-refractivity contribution in [1.29, 1.82) is 0 Å². The molecule has 0 spiro atoms. The molecule has 5 heterocycles. The summed E-state index contributed by atoms with van der Waals surface area (Å²) in [5.41, 5.74) is 6.43. The summed E-state index contributed by atoms with van der Waals surface area (Å²) in [5.74, 6) is -0.828. The van der Waals surface area contributed by atoms with Crippen molar-refractivity contribution in [2.45, 2.75) is 69.4 Å². The van der Waals surface area contributed by atoms with Gasteiger partial charge in [-0.1, -0.05) is 12.1 Å². The van der Waals surface area contributed by atoms with E-state index in [0.717, 1.165) is 91.0 Å². The average molecular weight is 661 g/mol. The number of carbonyl (C=O) groups excluding carboxylic acids is 4. The maximum atomic E-state index is 13.1. The monoisotopic (exact) mass is 660 g/mol. The number of anilines is 1. The zero-order chi connectivity index (χ0) is 33.6. The maximum absolute atomic E-state index is 13.1. The highest BCUT2D eigenvalue weighted by Gasteiger charge is 2.44. The van der Waals surface area contributed by atoms with Crippen molar-refractivity contribution in [1.82, 2.24) is 34.9 Å². The van der Waals surface area contributed by atoms with Gasteiger partial charge in [0.1, 0.15) is 6.04 Å². The number of hydrogen-bond acceptors (Lipinski definition) is 9. The van der Waals surface area contributed by atoms with Gasteiger partial charge in [0.15, 0.2) is 0 Å². The van der Waals surface area contributed by atoms with Crippen LogP contribution in [0.15, 0.2) is 55.0 Å². The van der Waals surface area contributed by atoms with Crippen LogP contribution >= 0.6 is 0 Å². The van der Waals surface area contributed by atoms with E-state index >= 15 is 0 Å². The van der Waals surface area contributed by atoms with Crippen LogP contribution in [-0.4, -0.2) is 85.9 Å². The van der Waals surface area contributed by atoms with Crippen molar-refractivity contribution in [3.8, 4) is 11.3 Å². The predicted molar refractivity (Wildman–Crippen MR) is 183 cm³/mol. The number of piperidine rings is 2. The lowest BCUT2D eigenvalue weighted by atomic mass is 9.77. The van der Waals surface area contributed by atoms with Gasteiger partial charge in [0.05, 0.1) is 46.3 Å². The number of aromatic nitrogens is 4. The third-order valence-corrected chi connectivity index (χ3v) is 10.8. The highest BCUT2D eigenvalue weighted by atomic mass is 16.2. The Hall–Kier alpha value is -4.97. The molecule has 2 aromatic heterocycles. The molecule has 1 aliphatic carbocycles. The van der Waals surface area contributed by atoms with E-state index in [0.29, 0.717) is 17.9 Å². The van der Waals surface area contributed by atoms with E-state index in [4.69, 9.17) is 9.97 Å². The van der Waals surface area contributed by atoms with Gasteiger partial charge < -0.3 is 10.2 Å². The molecule has 8 rings (SSSR count). The lowest BCUT2D eigenvalue weighted by Crippen LogP contribution is -2.54. The molecule has 4 aromatic rings. The lowest BCUT2D eigenvalue weighted by Gasteiger charge is -2.35. The molecule has 0 bridgehead atoms. The summed E-state index contributed by atoms with van der Waals surface area (Å²) in [5, 5.41) is 10.3. The number of para-hydroxylation sites is 1. The molecule has 1 unspecified atom stereocenters. The number of fused-ring (bicyclic) bond motifs is 2. The minimum Gasteiger partial charge on any atom is -0.385 e. The van der Waals surface area contributed by atoms with E-state index in [1.54, 1.807) is 18.2 Å². The Balaban J connectivity index is 0.818. The fourth-order valence-electron chi connectivity index (χ4n) is 7.88. The molecule has 4 aliphatic rings. The molecule has 252 valence electrons. The third kappa shape index (κ3) is 5.98. The second-order valence-electron chi connectivity index (χ2n) is 14.0. The first-order valence-corrected chi connectivity index (χ1v) is 17.4. The van der Waals surface area contributed by atoms with Gasteiger partial charge in [-0.25, -0.2) is 4.98 Å². The van der Waals surface area contributed by atoms with Gasteiger partial charge in [0, 0.05) is 30.4 Å². The summed E-state index contributed by atoms with van der Waals surface area (Å²) < 4.78 is 2.08. The first-order valence-electron chi connectivity index (χ1n) is 17.4. The summed E-state index contributed by atoms with van der Waals surface area (Å²) in [7, 11) is 2.19. The van der Waals surface area contributed by atoms with Gasteiger partial charge in [0.2, 0.25) is 11.8 Å². The predicted octanol–water partition coefficient (Wildman–Crippen LogP) is 4.55. The Bertz CT molecular complexity index is 1960. The summed E-state index contributed by atoms with van der Waals surface area (Å²) in [6, 6.07) is 10.9. The highest BCUT2D eigenvalue weighted by molar-refractivity contribution is 6.23. The molecule has 1 saturated carbocycles. The molecule has 49 heavy (non-hydrogen) atoms. The maximum Gasteiger partial charge on any atom is 0.262 e. The largest absolute Gasteiger partial charge is 0.385 e. The number of nitrogens with one attached hydrogen (secondary N) is 2. The van der Waals surface area contributed by atoms with Crippen molar-refractivity contribution in [3.63, 3.8) is 0 Å². The van der Waals surface area contributed by atoms with Crippen LogP contribution in [0.4, 0.5) is 5.69 Å². The molecule has 4 amide bonds. The molecular weight excluding hydrogens is 620 g/mol. The number of benzene rings is 2. The van der Waals surface area contributed by atoms with E-state index < -0.39 is 23.8 Å². The van der Waals surface area contributed by atoms with Crippen molar-refractivity contribution in [2.75, 3.05) is 32.0 Å². The Kier molecular flexibility index (Phi) is 8.18. The second kappa shape index (κ2) is 12.8. The van der Waals surface area contributed by atoms with E-state index in [9.17, 15) is 19.2 Å². The molecule has 3 aliphatic heterocycles. The fourth-order valence-corrected chi connectivity index (χ4v) is 7.88. The minimum absolute atomic E-state index is 0.0987. The number of imide groups is 2. The minimum atomic E-state index is -0.962. The Labute approximate surface area is 284 Å². The van der Waals surface area contributed by atoms with Gasteiger partial charge in [0.25, 0.3) is 11.8 Å². The fraction of sp³-hybridized carbons (Fsp3) is 0.432. The van der Waals surface area contributed by atoms with Crippen molar-refractivity contribution in [3.05, 3.63) is 71.7 Å². The quantitative estimate of drug-likeness (QED) is 0.195. The summed E-state index contributed by atoms with van der Waals surface area (Å²) >= 11 is 0. The molecule has 0 radical (unpaired) electrons. The number of carbonyl (C=O) groups is 4. The molecule has 12 nitrogen and oxygen atoms in total. The summed E-state index contributed by atoms with van der Waals surface area (Å²) in [6.07, 6.45) is 12.6. The number of likely N-dealkylation sites (tertiary alicyclic amines) is 1. The third-order valence-electron chi connectivity index (χ3n) is 10.8. The van der Waals surface area contributed by atoms with Gasteiger partial charge in [-0.3, -0.25) is 39.1 Å². The standard InChI is InChI=1S/C37H40N8O4/c1-43-14-11-23(12-15-43)27-5-2-6-30-34(27)39-20-31(41-30)24-19-40-44(21-24)26-16-22(17-26)4-3-13-38-25-7-8-28-29(18-25)37(49)45(36(28)48)32-9-10-33(46)42-35(32)47/h2,5-8,18-23,26,32,38H,3-4,9-17H2,1H3,(H,42,46,47)/t22-,26-,32?. The van der Waals surface area contributed by atoms with Crippen LogP contribution in [-0.2, 0) is 9.59 Å². The summed E-state index contributed by atoms with van der Waals surface area (Å²) in [6.45, 7) is 2.97. The van der Waals surface area contributed by atoms with Crippen molar-refractivity contribution >= 4 is 40.3 Å². The van der Waals surface area contributed by atoms with E-state index in [1.165, 1.54) is 5.56 Å². The Morgan fingerprint density at radius 1 is 0.959 bits per heavy atom. The molecule has 2 aromatic carbocycles. The van der Waals surface area contributed by atoms with Crippen molar-refractivity contribution < 1.29 is 19.2 Å². The molecule has 2 saturated heterocycles. The van der Waals surface area contributed by atoms with Crippen LogP contribution in [0.2, 0.25) is 0 Å². The number of hydrogen-bond donors (Lipinski definition) is 2. The van der Waals surface area contributed by atoms with E-state index in [-0.39, 0.29) is 29.9 Å². The van der Waals surface area contributed by atoms with Crippen LogP contribution in [0.1, 0.15) is 89.6 Å². The van der Waals surface area contributed by atoms with E-state index in [1.807, 2.05) is 12.4 Å². The smallest absolute Gasteiger partial charge is 0.262 e. The van der Waals surface area contributed by atoms with Gasteiger partial charge in [-0.2, -0.15) is 5.10 Å². The SMILES string of the molecule is CN1CCC(c2cccc3nc(-c4cnn([C@H]5C[C@H](CCCNc6ccc7c(c6)C(=O)N(C6CCC(=O)NC6=O)C7=O)C5)c4)cnc23)CC1. The highest BCUT2D eigenvalue weighted by Crippen LogP contribution is 2.41. The number of nitrogens with zero attached hydrogens (tertiary/aromatic N) is 6. The van der Waals surface area contributed by atoms with Gasteiger partial charge in [-0.05, 0) is 107 Å². The average Bonchev–Trinajstić information content (AvgIpc) is 3.66. The van der Waals surface area contributed by atoms with Gasteiger partial charge >= 0.3 is 0 Å². The number of amides is 4. The zero-order valence-electron chi connectivity index (χ0n) is 27.6. The van der Waals surface area contributed by atoms with Crippen LogP contribution in [0.25, 0.3) is 22.3 Å². The van der Waals surface area contributed by atoms with Crippen LogP contribution in [0.5, 0.6) is 0 Å². The lowest BCUT2D eigenvalue weighted by molar-refractivity contribution is -0.136. The molecule has 2 N–H and O–H groups in total. The molecule has 1 atom stereocenters. The number of rotatable bonds is 9. The van der Waals surface area contributed by atoms with Crippen molar-refractivity contribution in [2.24, 2.45) is 5.92 Å². The second-order valence-corrected chi connectivity index (χ2v) is 14.0.